The van der Waals surface area contributed by atoms with E-state index in [1.165, 1.54) is 47.3 Å². The maximum atomic E-state index is 1.65. The first kappa shape index (κ1) is 5.67. The summed E-state index contributed by atoms with van der Waals surface area (Å²) in [7, 11) is 0. The molecule has 0 radical (unpaired) electrons. The molecule has 0 heterocycles. The Kier molecular flexibility index (Phi) is 0.663. The van der Waals surface area contributed by atoms with Crippen molar-refractivity contribution in [1.29, 1.82) is 0 Å². The Labute approximate surface area is 73.7 Å². The van der Waals surface area contributed by atoms with Gasteiger partial charge in [-0.3, -0.25) is 0 Å². The Morgan fingerprint density at radius 2 is 1.17 bits per heavy atom. The molecule has 0 heteroatoms. The first-order chi connectivity index (χ1) is 5.95. The van der Waals surface area contributed by atoms with Crippen molar-refractivity contribution in [3.63, 3.8) is 0 Å². The fourth-order valence-electron chi connectivity index (χ4n) is 6.08. The van der Waals surface area contributed by atoms with Crippen LogP contribution in [0.25, 0.3) is 0 Å². The molecule has 6 unspecified atom stereocenters. The van der Waals surface area contributed by atoms with Crippen molar-refractivity contribution in [1.82, 2.24) is 0 Å². The summed E-state index contributed by atoms with van der Waals surface area (Å²) in [6.45, 7) is 0. The molecule has 0 bridgehead atoms. The van der Waals surface area contributed by atoms with Gasteiger partial charge in [0, 0.05) is 0 Å². The van der Waals surface area contributed by atoms with Gasteiger partial charge >= 0.3 is 0 Å². The normalized spacial score (nSPS) is 80.0. The Hall–Kier alpha value is 0. The zero-order valence-electron chi connectivity index (χ0n) is 7.45. The summed E-state index contributed by atoms with van der Waals surface area (Å²) in [6.07, 6.45) is 6.56. The third-order valence-electron chi connectivity index (χ3n) is 6.46. The topological polar surface area (TPSA) is 0 Å². The van der Waals surface area contributed by atoms with Crippen molar-refractivity contribution in [2.45, 2.75) is 25.7 Å². The van der Waals surface area contributed by atoms with Gasteiger partial charge in [0.15, 0.2) is 0 Å². The van der Waals surface area contributed by atoms with E-state index in [2.05, 4.69) is 0 Å². The third kappa shape index (κ3) is 0.337. The summed E-state index contributed by atoms with van der Waals surface area (Å²) in [4.78, 5) is 0. The zero-order valence-corrected chi connectivity index (χ0v) is 7.45. The highest BCUT2D eigenvalue weighted by Gasteiger charge is 2.76. The molecule has 0 aliphatic heterocycles. The van der Waals surface area contributed by atoms with Crippen LogP contribution in [-0.2, 0) is 0 Å². The van der Waals surface area contributed by atoms with Crippen LogP contribution < -0.4 is 0 Å². The molecule has 5 saturated carbocycles. The smallest absolute Gasteiger partial charge is 0.0313 e. The lowest BCUT2D eigenvalue weighted by Crippen LogP contribution is -2.74. The maximum absolute atomic E-state index is 1.65. The largest absolute Gasteiger partial charge is 0.0499 e. The number of fused-ring (bicyclic) bond motifs is 2. The van der Waals surface area contributed by atoms with Gasteiger partial charge in [-0.25, -0.2) is 0 Å². The first-order valence-corrected chi connectivity index (χ1v) is 5.95. The summed E-state index contributed by atoms with van der Waals surface area (Å²) in [5.74, 6) is 10.1. The lowest BCUT2D eigenvalue weighted by Gasteiger charge is -2.79. The lowest BCUT2D eigenvalue weighted by molar-refractivity contribution is -0.315. The Morgan fingerprint density at radius 3 is 1.75 bits per heavy atom. The van der Waals surface area contributed by atoms with Crippen LogP contribution in [-0.4, -0.2) is 0 Å². The molecule has 0 aromatic rings. The highest BCUT2D eigenvalue weighted by molar-refractivity contribution is 5.24. The first-order valence-electron chi connectivity index (χ1n) is 5.95. The van der Waals surface area contributed by atoms with E-state index >= 15 is 0 Å². The van der Waals surface area contributed by atoms with Gasteiger partial charge in [-0.2, -0.15) is 0 Å². The van der Waals surface area contributed by atoms with E-state index in [1.807, 2.05) is 0 Å². The summed E-state index contributed by atoms with van der Waals surface area (Å²) in [5.41, 5.74) is 0. The zero-order chi connectivity index (χ0) is 7.45. The predicted octanol–water partition coefficient (Wildman–Crippen LogP) is 2.54. The van der Waals surface area contributed by atoms with Crippen molar-refractivity contribution in [2.24, 2.45) is 47.3 Å². The second kappa shape index (κ2) is 1.40. The van der Waals surface area contributed by atoms with E-state index in [9.17, 15) is 0 Å². The van der Waals surface area contributed by atoms with E-state index in [1.54, 1.807) is 25.7 Å². The Bertz CT molecular complexity index is 235. The van der Waals surface area contributed by atoms with Gasteiger partial charge in [-0.05, 0) is 73.0 Å². The average Bonchev–Trinajstić information content (AvgIpc) is 2.23. The molecule has 64 valence electrons. The molecule has 5 aliphatic rings. The van der Waals surface area contributed by atoms with Crippen molar-refractivity contribution in [2.75, 3.05) is 0 Å². The predicted molar refractivity (Wildman–Crippen MR) is 46.4 cm³/mol. The van der Waals surface area contributed by atoms with Crippen LogP contribution in [0.2, 0.25) is 0 Å². The quantitative estimate of drug-likeness (QED) is 0.511. The number of rotatable bonds is 0. The van der Waals surface area contributed by atoms with Crippen LogP contribution >= 0.6 is 0 Å². The van der Waals surface area contributed by atoms with Crippen molar-refractivity contribution in [3.8, 4) is 0 Å². The fraction of sp³-hybridized carbons (Fsp3) is 1.00. The SMILES string of the molecule is C1CC2CC3C2C2C4C1CC4C32. The molecule has 0 amide bonds. The Balaban J connectivity index is 1.66. The van der Waals surface area contributed by atoms with Gasteiger partial charge in [-0.1, -0.05) is 0 Å². The summed E-state index contributed by atoms with van der Waals surface area (Å²) in [5, 5.41) is 0. The van der Waals surface area contributed by atoms with Crippen molar-refractivity contribution in [3.05, 3.63) is 0 Å². The molecule has 0 aromatic carbocycles. The van der Waals surface area contributed by atoms with E-state index in [0.29, 0.717) is 0 Å². The van der Waals surface area contributed by atoms with Gasteiger partial charge in [0.25, 0.3) is 0 Å². The van der Waals surface area contributed by atoms with Crippen molar-refractivity contribution < 1.29 is 0 Å². The minimum absolute atomic E-state index is 1.22. The van der Waals surface area contributed by atoms with Crippen LogP contribution in [0.4, 0.5) is 0 Å². The van der Waals surface area contributed by atoms with Crippen LogP contribution in [0, 0.1) is 47.3 Å². The third-order valence-corrected chi connectivity index (χ3v) is 6.46. The monoisotopic (exact) mass is 160 g/mol. The molecule has 0 aromatic heterocycles. The highest BCUT2D eigenvalue weighted by Crippen LogP contribution is 2.82. The second-order valence-corrected chi connectivity index (χ2v) is 6.21. The maximum Gasteiger partial charge on any atom is -0.0313 e. The van der Waals surface area contributed by atoms with Gasteiger partial charge in [0.1, 0.15) is 0 Å². The molecular weight excluding hydrogens is 144 g/mol. The van der Waals surface area contributed by atoms with Gasteiger partial charge in [-0.15, -0.1) is 0 Å². The van der Waals surface area contributed by atoms with Crippen LogP contribution in [0.5, 0.6) is 0 Å². The fourth-order valence-corrected chi connectivity index (χ4v) is 6.08. The molecule has 5 aliphatic carbocycles. The molecule has 0 spiro atoms. The van der Waals surface area contributed by atoms with E-state index in [4.69, 9.17) is 0 Å². The van der Waals surface area contributed by atoms with Crippen molar-refractivity contribution >= 4 is 0 Å². The Morgan fingerprint density at radius 1 is 0.583 bits per heavy atom. The average molecular weight is 160 g/mol. The summed E-state index contributed by atoms with van der Waals surface area (Å²) in [6, 6.07) is 0. The number of hydrogen-bond donors (Lipinski definition) is 0. The molecule has 5 rings (SSSR count). The van der Waals surface area contributed by atoms with Gasteiger partial charge in [0.05, 0.1) is 0 Å². The number of hydrogen-bond acceptors (Lipinski definition) is 0. The van der Waals surface area contributed by atoms with Crippen LogP contribution in [0.3, 0.4) is 0 Å². The van der Waals surface area contributed by atoms with Gasteiger partial charge in [0.2, 0.25) is 0 Å². The minimum Gasteiger partial charge on any atom is -0.0499 e. The van der Waals surface area contributed by atoms with E-state index in [0.717, 1.165) is 0 Å². The standard InChI is InChI=1S/C12H16/c1-2-6-4-8-10(6)12-9-5(1)3-7(9)11(8)12/h5-12H,1-4H2. The molecule has 12 heavy (non-hydrogen) atoms. The summed E-state index contributed by atoms with van der Waals surface area (Å²) < 4.78 is 0. The molecule has 0 nitrogen and oxygen atoms in total. The van der Waals surface area contributed by atoms with E-state index < -0.39 is 0 Å². The van der Waals surface area contributed by atoms with Crippen LogP contribution in [0.15, 0.2) is 0 Å². The summed E-state index contributed by atoms with van der Waals surface area (Å²) >= 11 is 0. The molecule has 6 atom stereocenters. The minimum atomic E-state index is 1.22. The second-order valence-electron chi connectivity index (χ2n) is 6.21. The lowest BCUT2D eigenvalue weighted by atomic mass is 9.26. The van der Waals surface area contributed by atoms with Gasteiger partial charge < -0.3 is 0 Å². The molecular formula is C12H16. The molecule has 0 saturated heterocycles. The highest BCUT2D eigenvalue weighted by atomic mass is 14.8. The van der Waals surface area contributed by atoms with E-state index in [-0.39, 0.29) is 0 Å². The van der Waals surface area contributed by atoms with Crippen LogP contribution in [0.1, 0.15) is 25.7 Å². The molecule has 0 N–H and O–H groups in total. The molecule has 5 fully saturated rings.